The number of hydrogen-bond acceptors (Lipinski definition) is 4. The smallest absolute Gasteiger partial charge is 0.192 e. The van der Waals surface area contributed by atoms with Crippen molar-refractivity contribution in [2.24, 2.45) is 28.6 Å². The molecule has 4 rings (SSSR count). The third-order valence-electron chi connectivity index (χ3n) is 10.8. The molecule has 0 aromatic heterocycles. The van der Waals surface area contributed by atoms with E-state index in [9.17, 15) is 5.11 Å². The molecular formula is C27H48O4Si. The molecule has 0 amide bonds. The minimum Gasteiger partial charge on any atom is -0.414 e. The lowest BCUT2D eigenvalue weighted by Crippen LogP contribution is -2.57. The van der Waals surface area contributed by atoms with Crippen molar-refractivity contribution in [1.29, 1.82) is 0 Å². The van der Waals surface area contributed by atoms with Crippen LogP contribution in [-0.2, 0) is 13.9 Å². The number of hydrogen-bond donors (Lipinski definition) is 1. The molecule has 32 heavy (non-hydrogen) atoms. The Morgan fingerprint density at radius 3 is 2.22 bits per heavy atom. The van der Waals surface area contributed by atoms with Crippen molar-refractivity contribution in [2.75, 3.05) is 13.2 Å². The zero-order valence-electron chi connectivity index (χ0n) is 21.7. The predicted molar refractivity (Wildman–Crippen MR) is 132 cm³/mol. The highest BCUT2D eigenvalue weighted by atomic mass is 28.4. The van der Waals surface area contributed by atoms with Gasteiger partial charge in [0, 0.05) is 17.9 Å². The van der Waals surface area contributed by atoms with E-state index in [1.807, 2.05) is 0 Å². The topological polar surface area (TPSA) is 47.9 Å². The van der Waals surface area contributed by atoms with Gasteiger partial charge in [-0.15, -0.1) is 6.58 Å². The van der Waals surface area contributed by atoms with E-state index in [4.69, 9.17) is 13.9 Å². The average molecular weight is 465 g/mol. The number of ether oxygens (including phenoxy) is 2. The van der Waals surface area contributed by atoms with Crippen molar-refractivity contribution < 1.29 is 19.0 Å². The Kier molecular flexibility index (Phi) is 6.37. The molecule has 7 atom stereocenters. The maximum Gasteiger partial charge on any atom is 0.192 e. The number of rotatable bonds is 4. The van der Waals surface area contributed by atoms with E-state index in [1.54, 1.807) is 0 Å². The van der Waals surface area contributed by atoms with Crippen molar-refractivity contribution >= 4 is 8.32 Å². The van der Waals surface area contributed by atoms with Gasteiger partial charge < -0.3 is 19.0 Å². The molecular weight excluding hydrogens is 416 g/mol. The van der Waals surface area contributed by atoms with Gasteiger partial charge in [0.2, 0.25) is 0 Å². The molecule has 1 spiro atoms. The summed E-state index contributed by atoms with van der Waals surface area (Å²) in [5, 5.41) is 12.0. The number of fused-ring (bicyclic) bond motifs is 2. The van der Waals surface area contributed by atoms with Crippen molar-refractivity contribution in [3.05, 3.63) is 12.7 Å². The Hall–Kier alpha value is -0.203. The van der Waals surface area contributed by atoms with Gasteiger partial charge in [0.1, 0.15) is 0 Å². The Morgan fingerprint density at radius 1 is 1.00 bits per heavy atom. The van der Waals surface area contributed by atoms with Gasteiger partial charge in [0.15, 0.2) is 14.1 Å². The molecule has 5 heteroatoms. The summed E-state index contributed by atoms with van der Waals surface area (Å²) in [6, 6.07) is 0. The van der Waals surface area contributed by atoms with Crippen molar-refractivity contribution in [1.82, 2.24) is 0 Å². The van der Waals surface area contributed by atoms with Gasteiger partial charge in [-0.1, -0.05) is 40.7 Å². The van der Waals surface area contributed by atoms with Gasteiger partial charge in [0.25, 0.3) is 0 Å². The summed E-state index contributed by atoms with van der Waals surface area (Å²) in [7, 11) is -1.79. The quantitative estimate of drug-likeness (QED) is 0.392. The second-order valence-electron chi connectivity index (χ2n) is 13.3. The lowest BCUT2D eigenvalue weighted by Gasteiger charge is -2.57. The highest BCUT2D eigenvalue weighted by Crippen LogP contribution is 2.65. The molecule has 1 aliphatic heterocycles. The van der Waals surface area contributed by atoms with Gasteiger partial charge in [0.05, 0.1) is 19.3 Å². The lowest BCUT2D eigenvalue weighted by molar-refractivity contribution is -0.249. The summed E-state index contributed by atoms with van der Waals surface area (Å²) >= 11 is 0. The second kappa shape index (κ2) is 8.19. The first-order valence-electron chi connectivity index (χ1n) is 13.1. The Morgan fingerprint density at radius 2 is 1.62 bits per heavy atom. The van der Waals surface area contributed by atoms with Crippen molar-refractivity contribution in [2.45, 2.75) is 116 Å². The maximum absolute atomic E-state index is 11.8. The van der Waals surface area contributed by atoms with E-state index in [0.717, 1.165) is 44.9 Å². The summed E-state index contributed by atoms with van der Waals surface area (Å²) < 4.78 is 19.2. The molecule has 4 nitrogen and oxygen atoms in total. The summed E-state index contributed by atoms with van der Waals surface area (Å²) in [6.07, 6.45) is 9.44. The van der Waals surface area contributed by atoms with E-state index in [0.29, 0.717) is 31.2 Å². The van der Waals surface area contributed by atoms with Crippen LogP contribution in [0.1, 0.15) is 79.6 Å². The minimum absolute atomic E-state index is 0.0724. The van der Waals surface area contributed by atoms with Crippen LogP contribution in [0.25, 0.3) is 0 Å². The fraction of sp³-hybridized carbons (Fsp3) is 0.926. The lowest BCUT2D eigenvalue weighted by atomic mass is 9.51. The molecule has 0 bridgehead atoms. The summed E-state index contributed by atoms with van der Waals surface area (Å²) in [6.45, 7) is 22.0. The predicted octanol–water partition coefficient (Wildman–Crippen LogP) is 6.30. The molecule has 4 fully saturated rings. The molecule has 0 aromatic rings. The van der Waals surface area contributed by atoms with Crippen molar-refractivity contribution in [3.8, 4) is 0 Å². The minimum atomic E-state index is -1.79. The maximum atomic E-state index is 11.8. The van der Waals surface area contributed by atoms with Crippen molar-refractivity contribution in [3.63, 3.8) is 0 Å². The first kappa shape index (κ1) is 24.9. The first-order valence-corrected chi connectivity index (χ1v) is 16.0. The molecule has 1 N–H and O–H groups in total. The van der Waals surface area contributed by atoms with Crippen LogP contribution in [0, 0.1) is 28.6 Å². The third kappa shape index (κ3) is 3.69. The average Bonchev–Trinajstić information content (AvgIpc) is 3.29. The summed E-state index contributed by atoms with van der Waals surface area (Å²) in [5.41, 5.74) is -0.00890. The molecule has 3 aliphatic carbocycles. The van der Waals surface area contributed by atoms with Gasteiger partial charge in [-0.25, -0.2) is 0 Å². The summed E-state index contributed by atoms with van der Waals surface area (Å²) in [5.74, 6) is 0.470. The number of aliphatic hydroxyl groups excluding tert-OH is 1. The molecule has 0 radical (unpaired) electrons. The highest BCUT2D eigenvalue weighted by Gasteiger charge is 2.66. The van der Waals surface area contributed by atoms with Gasteiger partial charge in [-0.2, -0.15) is 0 Å². The van der Waals surface area contributed by atoms with E-state index in [2.05, 4.69) is 60.4 Å². The van der Waals surface area contributed by atoms with E-state index in [1.165, 1.54) is 0 Å². The van der Waals surface area contributed by atoms with E-state index >= 15 is 0 Å². The third-order valence-corrected chi connectivity index (χ3v) is 15.3. The Bertz CT molecular complexity index is 709. The molecule has 1 heterocycles. The zero-order valence-corrected chi connectivity index (χ0v) is 22.7. The van der Waals surface area contributed by atoms with Gasteiger partial charge in [-0.05, 0) is 79.8 Å². The standard InChI is InChI=1S/C27H48O4Si/c1-9-19-18-20(31-32(7,8)24(2,3)4)10-13-25(19,5)21-11-14-26(6)22(23(21)28)12-15-27(26)29-16-17-30-27/h9,19-23,28H,1,10-18H2,2-8H3/t19-,20?,21?,22?,23+,25-,26-/m0/s1. The van der Waals surface area contributed by atoms with Crippen LogP contribution in [0.3, 0.4) is 0 Å². The summed E-state index contributed by atoms with van der Waals surface area (Å²) in [4.78, 5) is 0. The van der Waals surface area contributed by atoms with Crippen LogP contribution in [-0.4, -0.2) is 44.6 Å². The van der Waals surface area contributed by atoms with E-state index in [-0.39, 0.29) is 27.9 Å². The fourth-order valence-electron chi connectivity index (χ4n) is 7.56. The highest BCUT2D eigenvalue weighted by molar-refractivity contribution is 6.74. The molecule has 0 aromatic carbocycles. The molecule has 3 unspecified atom stereocenters. The molecule has 184 valence electrons. The largest absolute Gasteiger partial charge is 0.414 e. The van der Waals surface area contributed by atoms with Crippen LogP contribution < -0.4 is 0 Å². The van der Waals surface area contributed by atoms with Crippen LogP contribution in [0.5, 0.6) is 0 Å². The van der Waals surface area contributed by atoms with Gasteiger partial charge in [-0.3, -0.25) is 0 Å². The van der Waals surface area contributed by atoms with Crippen LogP contribution >= 0.6 is 0 Å². The zero-order chi connectivity index (χ0) is 23.6. The fourth-order valence-corrected chi connectivity index (χ4v) is 8.97. The SMILES string of the molecule is C=C[C@H]1CC(O[Si](C)(C)C(C)(C)C)CC[C@]1(C)C1CC[C@@]2(C)C(CCC23OCCO3)[C@@H]1O. The molecule has 3 saturated carbocycles. The van der Waals surface area contributed by atoms with Gasteiger partial charge >= 0.3 is 0 Å². The van der Waals surface area contributed by atoms with Crippen LogP contribution in [0.2, 0.25) is 18.1 Å². The first-order chi connectivity index (χ1) is 14.8. The monoisotopic (exact) mass is 464 g/mol. The Labute approximate surface area is 197 Å². The molecule has 1 saturated heterocycles. The van der Waals surface area contributed by atoms with Crippen LogP contribution in [0.15, 0.2) is 12.7 Å². The number of aliphatic hydroxyl groups is 1. The van der Waals surface area contributed by atoms with E-state index < -0.39 is 14.1 Å². The Balaban J connectivity index is 1.50. The normalized spacial score (nSPS) is 44.6. The number of allylic oxidation sites excluding steroid dienone is 1. The van der Waals surface area contributed by atoms with Crippen LogP contribution in [0.4, 0.5) is 0 Å². The second-order valence-corrected chi connectivity index (χ2v) is 18.0. The molecule has 4 aliphatic rings.